The molecule has 1 aromatic carbocycles. The van der Waals surface area contributed by atoms with Gasteiger partial charge in [-0.25, -0.2) is 13.6 Å². The fourth-order valence-corrected chi connectivity index (χ4v) is 3.86. The maximum Gasteiger partial charge on any atom is 0.270 e. The first-order valence-corrected chi connectivity index (χ1v) is 8.69. The number of non-ortho nitro benzene ring substituents is 1. The number of nitrogens with two attached hydrogens (primary N) is 1. The minimum absolute atomic E-state index is 0.285. The second-order valence-electron chi connectivity index (χ2n) is 4.52. The molecule has 0 spiro atoms. The highest BCUT2D eigenvalue weighted by atomic mass is 35.5. The first-order valence-electron chi connectivity index (χ1n) is 5.95. The summed E-state index contributed by atoms with van der Waals surface area (Å²) in [5, 5.41) is 16.0. The van der Waals surface area contributed by atoms with Crippen LogP contribution in [-0.4, -0.2) is 20.4 Å². The van der Waals surface area contributed by atoms with E-state index in [1.54, 1.807) is 18.0 Å². The van der Waals surface area contributed by atoms with Gasteiger partial charge in [0.05, 0.1) is 21.5 Å². The van der Waals surface area contributed by atoms with Crippen LogP contribution in [0.3, 0.4) is 0 Å². The Kier molecular flexibility index (Phi) is 4.71. The third-order valence-electron chi connectivity index (χ3n) is 2.89. The fraction of sp³-hybridized carbons (Fsp3) is 0.167. The second kappa shape index (κ2) is 6.21. The van der Waals surface area contributed by atoms with Gasteiger partial charge >= 0.3 is 0 Å². The number of thiophene rings is 1. The van der Waals surface area contributed by atoms with E-state index in [1.807, 2.05) is 6.07 Å². The van der Waals surface area contributed by atoms with Gasteiger partial charge in [-0.1, -0.05) is 11.6 Å². The van der Waals surface area contributed by atoms with E-state index in [0.717, 1.165) is 10.9 Å². The molecule has 1 heterocycles. The monoisotopic (exact) mass is 361 g/mol. The van der Waals surface area contributed by atoms with Gasteiger partial charge in [0.1, 0.15) is 4.90 Å². The zero-order valence-corrected chi connectivity index (χ0v) is 13.8. The quantitative estimate of drug-likeness (QED) is 0.650. The normalized spacial score (nSPS) is 11.4. The lowest BCUT2D eigenvalue weighted by molar-refractivity contribution is -0.385. The first kappa shape index (κ1) is 16.7. The zero-order chi connectivity index (χ0) is 16.5. The van der Waals surface area contributed by atoms with E-state index in [4.69, 9.17) is 16.7 Å². The number of anilines is 1. The summed E-state index contributed by atoms with van der Waals surface area (Å²) in [6, 6.07) is 7.13. The number of benzene rings is 1. The molecule has 7 nitrogen and oxygen atoms in total. The molecule has 0 aliphatic heterocycles. The second-order valence-corrected chi connectivity index (χ2v) is 7.85. The minimum atomic E-state index is -4.09. The van der Waals surface area contributed by atoms with Crippen molar-refractivity contribution in [1.29, 1.82) is 0 Å². The molecule has 2 aromatic rings. The van der Waals surface area contributed by atoms with Crippen LogP contribution in [0.25, 0.3) is 0 Å². The predicted molar refractivity (Wildman–Crippen MR) is 85.9 cm³/mol. The summed E-state index contributed by atoms with van der Waals surface area (Å²) in [6.07, 6.45) is 0. The molecule has 0 saturated heterocycles. The molecule has 10 heteroatoms. The smallest absolute Gasteiger partial charge is 0.270 e. The molecule has 0 atom stereocenters. The van der Waals surface area contributed by atoms with Gasteiger partial charge < -0.3 is 4.90 Å². The average Bonchev–Trinajstić information content (AvgIpc) is 2.82. The maximum atomic E-state index is 11.7. The van der Waals surface area contributed by atoms with E-state index >= 15 is 0 Å². The standard InChI is InChI=1S/C12H12ClN3O4S2/c1-15(7-9-3-5-12(13)21-9)10-4-2-8(16(17)18)6-11(10)22(14,19)20/h2-6H,7H2,1H3,(H2,14,19,20). The van der Waals surface area contributed by atoms with E-state index in [-0.39, 0.29) is 16.3 Å². The molecule has 0 aliphatic rings. The van der Waals surface area contributed by atoms with Crippen LogP contribution in [0, 0.1) is 10.1 Å². The van der Waals surface area contributed by atoms with Crippen molar-refractivity contribution in [1.82, 2.24) is 0 Å². The van der Waals surface area contributed by atoms with Crippen LogP contribution in [0.4, 0.5) is 11.4 Å². The molecule has 0 bridgehead atoms. The summed E-state index contributed by atoms with van der Waals surface area (Å²) in [7, 11) is -2.42. The van der Waals surface area contributed by atoms with Gasteiger partial charge in [0.2, 0.25) is 10.0 Å². The van der Waals surface area contributed by atoms with Crippen LogP contribution in [0.2, 0.25) is 4.34 Å². The molecule has 0 aliphatic carbocycles. The number of hydrogen-bond donors (Lipinski definition) is 1. The molecule has 0 amide bonds. The Hall–Kier alpha value is -1.68. The van der Waals surface area contributed by atoms with Crippen molar-refractivity contribution in [3.63, 3.8) is 0 Å². The van der Waals surface area contributed by atoms with E-state index in [1.165, 1.54) is 23.5 Å². The van der Waals surface area contributed by atoms with E-state index < -0.39 is 14.9 Å². The molecule has 0 fully saturated rings. The van der Waals surface area contributed by atoms with Crippen molar-refractivity contribution >= 4 is 44.3 Å². The third-order valence-corrected chi connectivity index (χ3v) is 5.05. The summed E-state index contributed by atoms with van der Waals surface area (Å²) in [5.74, 6) is 0. The summed E-state index contributed by atoms with van der Waals surface area (Å²) in [4.78, 5) is 12.4. The Bertz CT molecular complexity index is 820. The molecule has 0 unspecified atom stereocenters. The predicted octanol–water partition coefficient (Wildman–Crippen LogP) is 2.59. The molecule has 22 heavy (non-hydrogen) atoms. The van der Waals surface area contributed by atoms with Crippen LogP contribution < -0.4 is 10.0 Å². The number of sulfonamides is 1. The molecule has 118 valence electrons. The van der Waals surface area contributed by atoms with Gasteiger partial charge in [-0.3, -0.25) is 10.1 Å². The largest absolute Gasteiger partial charge is 0.368 e. The molecular formula is C12H12ClN3O4S2. The van der Waals surface area contributed by atoms with Gasteiger partial charge in [-0.15, -0.1) is 11.3 Å². The van der Waals surface area contributed by atoms with Crippen LogP contribution in [0.15, 0.2) is 35.2 Å². The fourth-order valence-electron chi connectivity index (χ4n) is 1.92. The van der Waals surface area contributed by atoms with E-state index in [9.17, 15) is 18.5 Å². The van der Waals surface area contributed by atoms with Crippen molar-refractivity contribution in [2.75, 3.05) is 11.9 Å². The lowest BCUT2D eigenvalue weighted by Gasteiger charge is -2.20. The lowest BCUT2D eigenvalue weighted by Crippen LogP contribution is -2.21. The van der Waals surface area contributed by atoms with Crippen molar-refractivity contribution in [2.45, 2.75) is 11.4 Å². The Morgan fingerprint density at radius 3 is 2.55 bits per heavy atom. The Morgan fingerprint density at radius 2 is 2.05 bits per heavy atom. The molecule has 0 radical (unpaired) electrons. The Morgan fingerprint density at radius 1 is 1.36 bits per heavy atom. The van der Waals surface area contributed by atoms with Gasteiger partial charge in [0.15, 0.2) is 0 Å². The first-order chi connectivity index (χ1) is 10.2. The van der Waals surface area contributed by atoms with Crippen molar-refractivity contribution in [3.8, 4) is 0 Å². The maximum absolute atomic E-state index is 11.7. The molecular weight excluding hydrogens is 350 g/mol. The van der Waals surface area contributed by atoms with Gasteiger partial charge in [0, 0.05) is 24.1 Å². The lowest BCUT2D eigenvalue weighted by atomic mass is 10.2. The summed E-state index contributed by atoms with van der Waals surface area (Å²) in [5.41, 5.74) is -0.0436. The summed E-state index contributed by atoms with van der Waals surface area (Å²) >= 11 is 7.23. The summed E-state index contributed by atoms with van der Waals surface area (Å²) in [6.45, 7) is 0.401. The number of nitro groups is 1. The molecule has 1 aromatic heterocycles. The van der Waals surface area contributed by atoms with Crippen molar-refractivity contribution < 1.29 is 13.3 Å². The minimum Gasteiger partial charge on any atom is -0.368 e. The van der Waals surface area contributed by atoms with Gasteiger partial charge in [-0.2, -0.15) is 0 Å². The van der Waals surface area contributed by atoms with Crippen LogP contribution in [0.5, 0.6) is 0 Å². The zero-order valence-electron chi connectivity index (χ0n) is 11.4. The Labute approximate surface area is 136 Å². The third kappa shape index (κ3) is 3.74. The molecule has 2 N–H and O–H groups in total. The SMILES string of the molecule is CN(Cc1ccc(Cl)s1)c1ccc([N+](=O)[O-])cc1S(N)(=O)=O. The number of halogens is 1. The number of rotatable bonds is 5. The van der Waals surface area contributed by atoms with Crippen molar-refractivity contribution in [3.05, 3.63) is 49.7 Å². The molecule has 2 rings (SSSR count). The number of nitrogens with zero attached hydrogens (tertiary/aromatic N) is 2. The average molecular weight is 362 g/mol. The van der Waals surface area contributed by atoms with Crippen LogP contribution in [-0.2, 0) is 16.6 Å². The number of hydrogen-bond acceptors (Lipinski definition) is 6. The highest BCUT2D eigenvalue weighted by molar-refractivity contribution is 7.89. The molecule has 0 saturated carbocycles. The summed E-state index contributed by atoms with van der Waals surface area (Å²) < 4.78 is 24.0. The topological polar surface area (TPSA) is 107 Å². The Balaban J connectivity index is 2.43. The highest BCUT2D eigenvalue weighted by Crippen LogP contribution is 2.30. The van der Waals surface area contributed by atoms with Crippen LogP contribution >= 0.6 is 22.9 Å². The van der Waals surface area contributed by atoms with E-state index in [0.29, 0.717) is 10.9 Å². The number of nitro benzene ring substituents is 1. The van der Waals surface area contributed by atoms with E-state index in [2.05, 4.69) is 0 Å². The van der Waals surface area contributed by atoms with Crippen LogP contribution in [0.1, 0.15) is 4.88 Å². The number of primary sulfonamides is 1. The van der Waals surface area contributed by atoms with Gasteiger partial charge in [-0.05, 0) is 18.2 Å². The highest BCUT2D eigenvalue weighted by Gasteiger charge is 2.21. The van der Waals surface area contributed by atoms with Gasteiger partial charge in [0.25, 0.3) is 5.69 Å². The van der Waals surface area contributed by atoms with Crippen molar-refractivity contribution in [2.24, 2.45) is 5.14 Å².